The summed E-state index contributed by atoms with van der Waals surface area (Å²) in [6.45, 7) is 0.438. The molecule has 0 aliphatic heterocycles. The number of hydrogen-bond donors (Lipinski definition) is 1. The molecule has 0 spiro atoms. The van der Waals surface area contributed by atoms with Crippen LogP contribution in [0.1, 0.15) is 5.56 Å². The van der Waals surface area contributed by atoms with Crippen LogP contribution in [0.4, 0.5) is 0 Å². The van der Waals surface area contributed by atoms with E-state index in [1.54, 1.807) is 11.3 Å². The Bertz CT molecular complexity index is 385. The van der Waals surface area contributed by atoms with Gasteiger partial charge in [-0.1, -0.05) is 6.07 Å². The SMILES string of the molecule is NOCc1ccc2scnc2c1. The molecule has 62 valence electrons. The van der Waals surface area contributed by atoms with E-state index in [2.05, 4.69) is 9.82 Å². The summed E-state index contributed by atoms with van der Waals surface area (Å²) in [4.78, 5) is 8.71. The summed E-state index contributed by atoms with van der Waals surface area (Å²) >= 11 is 1.63. The van der Waals surface area contributed by atoms with Crippen LogP contribution in [-0.4, -0.2) is 4.98 Å². The van der Waals surface area contributed by atoms with E-state index in [4.69, 9.17) is 5.90 Å². The zero-order chi connectivity index (χ0) is 8.39. The second kappa shape index (κ2) is 3.18. The Morgan fingerprint density at radius 1 is 1.50 bits per heavy atom. The van der Waals surface area contributed by atoms with Gasteiger partial charge in [0.15, 0.2) is 0 Å². The van der Waals surface area contributed by atoms with Crippen LogP contribution in [0.3, 0.4) is 0 Å². The molecule has 1 aromatic carbocycles. The fraction of sp³-hybridized carbons (Fsp3) is 0.125. The second-order valence-electron chi connectivity index (χ2n) is 2.47. The molecule has 0 unspecified atom stereocenters. The van der Waals surface area contributed by atoms with Crippen molar-refractivity contribution >= 4 is 21.6 Å². The molecular formula is C8H8N2OS. The lowest BCUT2D eigenvalue weighted by molar-refractivity contribution is 0.124. The van der Waals surface area contributed by atoms with Crippen LogP contribution in [0.2, 0.25) is 0 Å². The zero-order valence-electron chi connectivity index (χ0n) is 6.36. The molecule has 2 N–H and O–H groups in total. The average molecular weight is 180 g/mol. The molecule has 2 aromatic rings. The van der Waals surface area contributed by atoms with Crippen LogP contribution in [0, 0.1) is 0 Å². The molecule has 0 bridgehead atoms. The number of hydrogen-bond acceptors (Lipinski definition) is 4. The van der Waals surface area contributed by atoms with Gasteiger partial charge in [0.1, 0.15) is 0 Å². The fourth-order valence-corrected chi connectivity index (χ4v) is 1.75. The van der Waals surface area contributed by atoms with Gasteiger partial charge in [0.2, 0.25) is 0 Å². The van der Waals surface area contributed by atoms with Crippen LogP contribution in [-0.2, 0) is 11.4 Å². The van der Waals surface area contributed by atoms with Gasteiger partial charge in [-0.25, -0.2) is 10.9 Å². The molecule has 4 heteroatoms. The molecule has 1 aromatic heterocycles. The summed E-state index contributed by atoms with van der Waals surface area (Å²) in [5.74, 6) is 4.96. The Morgan fingerprint density at radius 3 is 3.25 bits per heavy atom. The van der Waals surface area contributed by atoms with Crippen LogP contribution in [0.25, 0.3) is 10.2 Å². The van der Waals surface area contributed by atoms with Crippen molar-refractivity contribution in [3.05, 3.63) is 29.3 Å². The Labute approximate surface area is 73.7 Å². The second-order valence-corrected chi connectivity index (χ2v) is 3.35. The Hall–Kier alpha value is -0.970. The van der Waals surface area contributed by atoms with Crippen molar-refractivity contribution in [3.8, 4) is 0 Å². The predicted molar refractivity (Wildman–Crippen MR) is 48.6 cm³/mol. The summed E-state index contributed by atoms with van der Waals surface area (Å²) in [5.41, 5.74) is 3.89. The van der Waals surface area contributed by atoms with Crippen molar-refractivity contribution in [1.82, 2.24) is 4.98 Å². The van der Waals surface area contributed by atoms with Crippen molar-refractivity contribution in [3.63, 3.8) is 0 Å². The lowest BCUT2D eigenvalue weighted by Crippen LogP contribution is -1.98. The first kappa shape index (κ1) is 7.67. The molecule has 0 radical (unpaired) electrons. The van der Waals surface area contributed by atoms with Crippen LogP contribution >= 0.6 is 11.3 Å². The quantitative estimate of drug-likeness (QED) is 0.715. The molecule has 0 saturated heterocycles. The van der Waals surface area contributed by atoms with E-state index in [-0.39, 0.29) is 0 Å². The van der Waals surface area contributed by atoms with Gasteiger partial charge in [-0.15, -0.1) is 11.3 Å². The maximum Gasteiger partial charge on any atom is 0.0930 e. The number of thiazole rings is 1. The van der Waals surface area contributed by atoms with Gasteiger partial charge in [0.25, 0.3) is 0 Å². The van der Waals surface area contributed by atoms with Gasteiger partial charge < -0.3 is 0 Å². The number of rotatable bonds is 2. The van der Waals surface area contributed by atoms with E-state index in [0.717, 1.165) is 11.1 Å². The first-order valence-corrected chi connectivity index (χ1v) is 4.42. The Balaban J connectivity index is 2.46. The third kappa shape index (κ3) is 1.32. The third-order valence-corrected chi connectivity index (χ3v) is 2.45. The summed E-state index contributed by atoms with van der Waals surface area (Å²) < 4.78 is 1.19. The number of nitrogens with zero attached hydrogens (tertiary/aromatic N) is 1. The fourth-order valence-electron chi connectivity index (χ4n) is 1.09. The van der Waals surface area contributed by atoms with Crippen molar-refractivity contribution in [2.24, 2.45) is 5.90 Å². The standard InChI is InChI=1S/C8H8N2OS/c9-11-4-6-1-2-8-7(3-6)10-5-12-8/h1-3,5H,4,9H2. The van der Waals surface area contributed by atoms with E-state index in [1.807, 2.05) is 23.7 Å². The van der Waals surface area contributed by atoms with E-state index < -0.39 is 0 Å². The minimum Gasteiger partial charge on any atom is -0.300 e. The summed E-state index contributed by atoms with van der Waals surface area (Å²) in [7, 11) is 0. The minimum absolute atomic E-state index is 0.438. The maximum absolute atomic E-state index is 4.96. The van der Waals surface area contributed by atoms with Gasteiger partial charge in [-0.2, -0.15) is 0 Å². The molecule has 1 heterocycles. The highest BCUT2D eigenvalue weighted by Gasteiger charge is 1.97. The van der Waals surface area contributed by atoms with Gasteiger partial charge in [0.05, 0.1) is 22.3 Å². The smallest absolute Gasteiger partial charge is 0.0930 e. The maximum atomic E-state index is 4.96. The molecule has 2 rings (SSSR count). The van der Waals surface area contributed by atoms with Crippen molar-refractivity contribution in [2.45, 2.75) is 6.61 Å². The normalized spacial score (nSPS) is 10.8. The van der Waals surface area contributed by atoms with Crippen molar-refractivity contribution < 1.29 is 4.84 Å². The molecule has 12 heavy (non-hydrogen) atoms. The van der Waals surface area contributed by atoms with Gasteiger partial charge in [-0.05, 0) is 17.7 Å². The highest BCUT2D eigenvalue weighted by Crippen LogP contribution is 2.18. The van der Waals surface area contributed by atoms with Gasteiger partial charge in [0, 0.05) is 0 Å². The number of aromatic nitrogens is 1. The average Bonchev–Trinajstić information content (AvgIpc) is 2.51. The van der Waals surface area contributed by atoms with Crippen LogP contribution in [0.5, 0.6) is 0 Å². The molecule has 0 atom stereocenters. The molecule has 0 saturated carbocycles. The largest absolute Gasteiger partial charge is 0.300 e. The molecule has 0 aliphatic carbocycles. The number of fused-ring (bicyclic) bond motifs is 1. The highest BCUT2D eigenvalue weighted by atomic mass is 32.1. The monoisotopic (exact) mass is 180 g/mol. The number of benzene rings is 1. The van der Waals surface area contributed by atoms with E-state index in [0.29, 0.717) is 6.61 Å². The van der Waals surface area contributed by atoms with Gasteiger partial charge >= 0.3 is 0 Å². The Kier molecular flexibility index (Phi) is 2.03. The molecule has 0 aliphatic rings. The third-order valence-electron chi connectivity index (χ3n) is 1.64. The highest BCUT2D eigenvalue weighted by molar-refractivity contribution is 7.16. The minimum atomic E-state index is 0.438. The first-order chi connectivity index (χ1) is 5.90. The van der Waals surface area contributed by atoms with Crippen LogP contribution < -0.4 is 5.90 Å². The topological polar surface area (TPSA) is 48.1 Å². The van der Waals surface area contributed by atoms with Crippen molar-refractivity contribution in [1.29, 1.82) is 0 Å². The van der Waals surface area contributed by atoms with E-state index in [9.17, 15) is 0 Å². The molecule has 0 amide bonds. The van der Waals surface area contributed by atoms with Crippen LogP contribution in [0.15, 0.2) is 23.7 Å². The van der Waals surface area contributed by atoms with E-state index in [1.165, 1.54) is 4.70 Å². The molecule has 3 nitrogen and oxygen atoms in total. The van der Waals surface area contributed by atoms with Gasteiger partial charge in [-0.3, -0.25) is 4.84 Å². The summed E-state index contributed by atoms with van der Waals surface area (Å²) in [5, 5.41) is 0. The lowest BCUT2D eigenvalue weighted by Gasteiger charge is -1.96. The number of nitrogens with two attached hydrogens (primary N) is 1. The lowest BCUT2D eigenvalue weighted by atomic mass is 10.2. The zero-order valence-corrected chi connectivity index (χ0v) is 7.17. The Morgan fingerprint density at radius 2 is 2.42 bits per heavy atom. The predicted octanol–water partition coefficient (Wildman–Crippen LogP) is 1.69. The molecular weight excluding hydrogens is 172 g/mol. The van der Waals surface area contributed by atoms with E-state index >= 15 is 0 Å². The summed E-state index contributed by atoms with van der Waals surface area (Å²) in [6, 6.07) is 6.01. The molecule has 0 fully saturated rings. The summed E-state index contributed by atoms with van der Waals surface area (Å²) in [6.07, 6.45) is 0. The van der Waals surface area contributed by atoms with Crippen molar-refractivity contribution in [2.75, 3.05) is 0 Å². The first-order valence-electron chi connectivity index (χ1n) is 3.54.